The molecule has 0 bridgehead atoms. The Kier molecular flexibility index (Phi) is 5.86. The number of alkyl halides is 3. The highest BCUT2D eigenvalue weighted by Crippen LogP contribution is 2.43. The van der Waals surface area contributed by atoms with Gasteiger partial charge in [-0.3, -0.25) is 4.79 Å². The summed E-state index contributed by atoms with van der Waals surface area (Å²) in [5.74, 6) is -0.207. The zero-order valence-electron chi connectivity index (χ0n) is 14.0. The van der Waals surface area contributed by atoms with Crippen LogP contribution in [0.15, 0.2) is 48.5 Å². The summed E-state index contributed by atoms with van der Waals surface area (Å²) in [5.41, 5.74) is 6.17. The second-order valence-electron chi connectivity index (χ2n) is 6.48. The molecule has 1 saturated carbocycles. The van der Waals surface area contributed by atoms with Crippen molar-refractivity contribution in [1.82, 2.24) is 5.32 Å². The molecule has 0 unspecified atom stereocenters. The van der Waals surface area contributed by atoms with E-state index in [1.807, 2.05) is 0 Å². The second kappa shape index (κ2) is 7.58. The number of hydrogen-bond acceptors (Lipinski definition) is 2. The number of carbonyl (C=O) groups excluding carboxylic acids is 1. The number of halogens is 4. The van der Waals surface area contributed by atoms with Gasteiger partial charge in [0.05, 0.1) is 17.5 Å². The average Bonchev–Trinajstić information content (AvgIpc) is 2.52. The molecule has 3 rings (SSSR count). The van der Waals surface area contributed by atoms with Crippen LogP contribution in [-0.4, -0.2) is 5.91 Å². The fraction of sp³-hybridized carbons (Fsp3) is 0.316. The summed E-state index contributed by atoms with van der Waals surface area (Å²) in [7, 11) is 0. The topological polar surface area (TPSA) is 55.1 Å². The summed E-state index contributed by atoms with van der Waals surface area (Å²) in [6.45, 7) is 0. The Balaban J connectivity index is 0.00000243. The molecule has 1 aliphatic carbocycles. The van der Waals surface area contributed by atoms with E-state index in [0.29, 0.717) is 24.1 Å². The Morgan fingerprint density at radius 3 is 2.31 bits per heavy atom. The van der Waals surface area contributed by atoms with Crippen LogP contribution in [0.4, 0.5) is 18.9 Å². The summed E-state index contributed by atoms with van der Waals surface area (Å²) in [5, 5.41) is 2.95. The number of carbonyl (C=O) groups is 1. The second-order valence-corrected chi connectivity index (χ2v) is 6.48. The monoisotopic (exact) mass is 384 g/mol. The van der Waals surface area contributed by atoms with Gasteiger partial charge in [0.2, 0.25) is 5.91 Å². The van der Waals surface area contributed by atoms with E-state index in [-0.39, 0.29) is 24.7 Å². The number of nitrogen functional groups attached to an aromatic ring is 1. The number of rotatable bonds is 4. The zero-order chi connectivity index (χ0) is 18.1. The summed E-state index contributed by atoms with van der Waals surface area (Å²) >= 11 is 0. The van der Waals surface area contributed by atoms with E-state index in [1.54, 1.807) is 30.3 Å². The predicted molar refractivity (Wildman–Crippen MR) is 96.9 cm³/mol. The van der Waals surface area contributed by atoms with E-state index in [4.69, 9.17) is 5.73 Å². The Labute approximate surface area is 156 Å². The van der Waals surface area contributed by atoms with E-state index >= 15 is 0 Å². The van der Waals surface area contributed by atoms with Crippen molar-refractivity contribution >= 4 is 24.0 Å². The van der Waals surface area contributed by atoms with Gasteiger partial charge < -0.3 is 11.1 Å². The van der Waals surface area contributed by atoms with Gasteiger partial charge in [0, 0.05) is 5.69 Å². The number of nitrogens with two attached hydrogens (primary N) is 1. The molecule has 2 aromatic carbocycles. The zero-order valence-corrected chi connectivity index (χ0v) is 14.8. The Morgan fingerprint density at radius 2 is 1.77 bits per heavy atom. The highest BCUT2D eigenvalue weighted by atomic mass is 35.5. The van der Waals surface area contributed by atoms with Crippen molar-refractivity contribution in [1.29, 1.82) is 0 Å². The third kappa shape index (κ3) is 4.30. The highest BCUT2D eigenvalue weighted by molar-refractivity contribution is 5.85. The Hall–Kier alpha value is -2.21. The van der Waals surface area contributed by atoms with Crippen LogP contribution in [0.2, 0.25) is 0 Å². The van der Waals surface area contributed by atoms with Crippen molar-refractivity contribution in [2.75, 3.05) is 5.73 Å². The number of hydrogen-bond donors (Lipinski definition) is 2. The van der Waals surface area contributed by atoms with Crippen molar-refractivity contribution in [2.24, 2.45) is 0 Å². The Bertz CT molecular complexity index is 771. The molecule has 1 amide bonds. The van der Waals surface area contributed by atoms with Crippen LogP contribution in [0, 0.1) is 0 Å². The van der Waals surface area contributed by atoms with Crippen LogP contribution in [0.3, 0.4) is 0 Å². The fourth-order valence-corrected chi connectivity index (χ4v) is 3.14. The third-order valence-corrected chi connectivity index (χ3v) is 4.67. The first-order valence-corrected chi connectivity index (χ1v) is 8.12. The van der Waals surface area contributed by atoms with E-state index < -0.39 is 17.3 Å². The van der Waals surface area contributed by atoms with Gasteiger partial charge in [-0.1, -0.05) is 24.3 Å². The summed E-state index contributed by atoms with van der Waals surface area (Å²) in [6, 6.07) is 12.2. The smallest absolute Gasteiger partial charge is 0.399 e. The van der Waals surface area contributed by atoms with E-state index in [2.05, 4.69) is 5.32 Å². The number of benzene rings is 2. The van der Waals surface area contributed by atoms with E-state index in [1.165, 1.54) is 6.07 Å². The lowest BCUT2D eigenvalue weighted by atomic mass is 9.71. The van der Waals surface area contributed by atoms with E-state index in [9.17, 15) is 18.0 Å². The molecular weight excluding hydrogens is 365 g/mol. The first-order valence-electron chi connectivity index (χ1n) is 8.12. The minimum absolute atomic E-state index is 0. The van der Waals surface area contributed by atoms with Gasteiger partial charge in [-0.15, -0.1) is 12.4 Å². The van der Waals surface area contributed by atoms with Gasteiger partial charge in [-0.25, -0.2) is 0 Å². The first kappa shape index (κ1) is 20.1. The van der Waals surface area contributed by atoms with Crippen molar-refractivity contribution in [3.63, 3.8) is 0 Å². The molecule has 0 aromatic heterocycles. The molecule has 140 valence electrons. The molecule has 0 radical (unpaired) electrons. The molecule has 1 aliphatic rings. The molecule has 26 heavy (non-hydrogen) atoms. The van der Waals surface area contributed by atoms with Crippen LogP contribution in [0.5, 0.6) is 0 Å². The summed E-state index contributed by atoms with van der Waals surface area (Å²) in [6.07, 6.45) is -2.07. The van der Waals surface area contributed by atoms with Crippen LogP contribution >= 0.6 is 12.4 Å². The maximum atomic E-state index is 13.0. The number of anilines is 1. The molecule has 3 nitrogen and oxygen atoms in total. The van der Waals surface area contributed by atoms with Crippen LogP contribution in [-0.2, 0) is 22.9 Å². The van der Waals surface area contributed by atoms with Gasteiger partial charge in [-0.05, 0) is 54.7 Å². The van der Waals surface area contributed by atoms with Crippen LogP contribution < -0.4 is 11.1 Å². The molecule has 0 saturated heterocycles. The lowest BCUT2D eigenvalue weighted by Gasteiger charge is -2.43. The molecule has 0 atom stereocenters. The predicted octanol–water partition coefficient (Wildman–Crippen LogP) is 4.45. The highest BCUT2D eigenvalue weighted by Gasteiger charge is 2.41. The molecule has 3 N–H and O–H groups in total. The minimum atomic E-state index is -4.39. The van der Waals surface area contributed by atoms with Gasteiger partial charge in [0.1, 0.15) is 0 Å². The van der Waals surface area contributed by atoms with Gasteiger partial charge >= 0.3 is 6.18 Å². The average molecular weight is 385 g/mol. The summed E-state index contributed by atoms with van der Waals surface area (Å²) < 4.78 is 38.9. The molecule has 0 heterocycles. The number of amides is 1. The van der Waals surface area contributed by atoms with Gasteiger partial charge in [0.15, 0.2) is 0 Å². The quantitative estimate of drug-likeness (QED) is 0.765. The fourth-order valence-electron chi connectivity index (χ4n) is 3.14. The van der Waals surface area contributed by atoms with Gasteiger partial charge in [-0.2, -0.15) is 13.2 Å². The SMILES string of the molecule is Cl.Nc1ccc(CC(=O)NC2(c3cccc(C(F)(F)F)c3)CCC2)cc1. The van der Waals surface area contributed by atoms with Gasteiger partial charge in [0.25, 0.3) is 0 Å². The van der Waals surface area contributed by atoms with Crippen molar-refractivity contribution < 1.29 is 18.0 Å². The summed E-state index contributed by atoms with van der Waals surface area (Å²) in [4.78, 5) is 12.4. The molecule has 1 fully saturated rings. The van der Waals surface area contributed by atoms with Crippen molar-refractivity contribution in [2.45, 2.75) is 37.4 Å². The maximum Gasteiger partial charge on any atom is 0.416 e. The largest absolute Gasteiger partial charge is 0.416 e. The van der Waals surface area contributed by atoms with Crippen LogP contribution in [0.1, 0.15) is 36.0 Å². The van der Waals surface area contributed by atoms with Crippen molar-refractivity contribution in [3.8, 4) is 0 Å². The molecule has 2 aromatic rings. The lowest BCUT2D eigenvalue weighted by Crippen LogP contribution is -2.51. The lowest BCUT2D eigenvalue weighted by molar-refractivity contribution is -0.137. The first-order chi connectivity index (χ1) is 11.8. The van der Waals surface area contributed by atoms with Crippen LogP contribution in [0.25, 0.3) is 0 Å². The minimum Gasteiger partial charge on any atom is -0.399 e. The maximum absolute atomic E-state index is 13.0. The molecule has 0 aliphatic heterocycles. The number of nitrogens with one attached hydrogen (secondary N) is 1. The normalized spacial score (nSPS) is 15.5. The van der Waals surface area contributed by atoms with E-state index in [0.717, 1.165) is 24.1 Å². The third-order valence-electron chi connectivity index (χ3n) is 4.67. The molecule has 7 heteroatoms. The standard InChI is InChI=1S/C19H19F3N2O.ClH/c20-19(21,22)15-4-1-3-14(12-15)18(9-2-10-18)24-17(25)11-13-5-7-16(23)8-6-13;/h1,3-8,12H,2,9-11,23H2,(H,24,25);1H. The van der Waals surface area contributed by atoms with Crippen molar-refractivity contribution in [3.05, 3.63) is 65.2 Å². The molecule has 0 spiro atoms. The Morgan fingerprint density at radius 1 is 1.12 bits per heavy atom. The molecular formula is C19H20ClF3N2O.